The predicted octanol–water partition coefficient (Wildman–Crippen LogP) is 4.89. The summed E-state index contributed by atoms with van der Waals surface area (Å²) in [6.45, 7) is 2.04. The summed E-state index contributed by atoms with van der Waals surface area (Å²) in [5.74, 6) is 1.32. The molecule has 0 radical (unpaired) electrons. The van der Waals surface area contributed by atoms with Crippen molar-refractivity contribution in [3.8, 4) is 34.1 Å². The Bertz CT molecular complexity index is 825. The Kier molecular flexibility index (Phi) is 4.56. The van der Waals surface area contributed by atoms with Crippen LogP contribution in [-0.4, -0.2) is 17.4 Å². The van der Waals surface area contributed by atoms with Gasteiger partial charge in [0.25, 0.3) is 0 Å². The Balaban J connectivity index is 2.01. The summed E-state index contributed by atoms with van der Waals surface area (Å²) in [5.41, 5.74) is 3.34. The van der Waals surface area contributed by atoms with Crippen molar-refractivity contribution in [3.63, 3.8) is 0 Å². The lowest BCUT2D eigenvalue weighted by molar-refractivity contribution is 0.401. The molecule has 1 N–H and O–H groups in total. The summed E-state index contributed by atoms with van der Waals surface area (Å²) >= 11 is 2.26. The van der Waals surface area contributed by atoms with E-state index in [0.717, 1.165) is 26.8 Å². The predicted molar refractivity (Wildman–Crippen MR) is 97.7 cm³/mol. The number of phenols is 1. The summed E-state index contributed by atoms with van der Waals surface area (Å²) in [7, 11) is 1.59. The van der Waals surface area contributed by atoms with Gasteiger partial charge >= 0.3 is 0 Å². The van der Waals surface area contributed by atoms with Gasteiger partial charge in [-0.3, -0.25) is 0 Å². The van der Waals surface area contributed by atoms with Crippen LogP contribution in [0, 0.1) is 3.57 Å². The Morgan fingerprint density at radius 2 is 1.91 bits per heavy atom. The number of ether oxygens (including phenoxy) is 1. The molecule has 1 heterocycles. The molecule has 0 saturated heterocycles. The fourth-order valence-electron chi connectivity index (χ4n) is 2.44. The maximum atomic E-state index is 10.2. The molecule has 0 amide bonds. The van der Waals surface area contributed by atoms with Crippen LogP contribution in [0.2, 0.25) is 0 Å². The molecular formula is C18H16INO3. The second kappa shape index (κ2) is 6.62. The average Bonchev–Trinajstić information content (AvgIpc) is 3.04. The largest absolute Gasteiger partial charge is 0.507 e. The molecule has 5 heteroatoms. The van der Waals surface area contributed by atoms with Crippen LogP contribution in [0.15, 0.2) is 47.0 Å². The molecule has 0 aliphatic heterocycles. The lowest BCUT2D eigenvalue weighted by Gasteiger charge is -2.09. The monoisotopic (exact) mass is 421 g/mol. The van der Waals surface area contributed by atoms with E-state index in [1.54, 1.807) is 13.2 Å². The molecule has 0 unspecified atom stereocenters. The van der Waals surface area contributed by atoms with Gasteiger partial charge in [0.2, 0.25) is 0 Å². The minimum Gasteiger partial charge on any atom is -0.507 e. The highest BCUT2D eigenvalue weighted by atomic mass is 127. The molecule has 4 nitrogen and oxygen atoms in total. The molecule has 0 aliphatic carbocycles. The summed E-state index contributed by atoms with van der Waals surface area (Å²) in [6.07, 6.45) is 0.800. The van der Waals surface area contributed by atoms with Crippen molar-refractivity contribution in [2.75, 3.05) is 7.11 Å². The third-order valence-electron chi connectivity index (χ3n) is 3.70. The normalized spacial score (nSPS) is 10.7. The summed E-state index contributed by atoms with van der Waals surface area (Å²) < 4.78 is 11.9. The van der Waals surface area contributed by atoms with Crippen molar-refractivity contribution in [2.24, 2.45) is 0 Å². The molecule has 118 valence electrons. The number of phenolic OH excluding ortho intramolecular Hbond substituents is 1. The quantitative estimate of drug-likeness (QED) is 0.610. The standard InChI is InChI=1S/C18H16INO3/c1-3-11-8-14(16(21)10-17(11)22-2)18-9-15(20-23-18)12-4-6-13(19)7-5-12/h4-10,21H,3H2,1-2H3. The Morgan fingerprint density at radius 3 is 2.57 bits per heavy atom. The van der Waals surface area contributed by atoms with Crippen LogP contribution in [0.25, 0.3) is 22.6 Å². The number of aromatic hydroxyl groups is 1. The molecule has 0 atom stereocenters. The van der Waals surface area contributed by atoms with Crippen LogP contribution in [0.5, 0.6) is 11.5 Å². The maximum Gasteiger partial charge on any atom is 0.171 e. The second-order valence-corrected chi connectivity index (χ2v) is 6.36. The molecule has 0 bridgehead atoms. The first-order valence-electron chi connectivity index (χ1n) is 7.25. The zero-order valence-electron chi connectivity index (χ0n) is 12.8. The van der Waals surface area contributed by atoms with Crippen molar-refractivity contribution < 1.29 is 14.4 Å². The van der Waals surface area contributed by atoms with E-state index in [1.807, 2.05) is 43.3 Å². The highest BCUT2D eigenvalue weighted by Gasteiger charge is 2.15. The third-order valence-corrected chi connectivity index (χ3v) is 4.41. The van der Waals surface area contributed by atoms with Gasteiger partial charge in [-0.05, 0) is 52.8 Å². The summed E-state index contributed by atoms with van der Waals surface area (Å²) in [6, 6.07) is 13.4. The minimum absolute atomic E-state index is 0.115. The number of aryl methyl sites for hydroxylation is 1. The topological polar surface area (TPSA) is 55.5 Å². The first-order chi connectivity index (χ1) is 11.1. The van der Waals surface area contributed by atoms with Crippen LogP contribution in [0.3, 0.4) is 0 Å². The lowest BCUT2D eigenvalue weighted by Crippen LogP contribution is -1.91. The van der Waals surface area contributed by atoms with E-state index >= 15 is 0 Å². The van der Waals surface area contributed by atoms with Gasteiger partial charge in [0.1, 0.15) is 17.2 Å². The van der Waals surface area contributed by atoms with E-state index in [2.05, 4.69) is 27.7 Å². The van der Waals surface area contributed by atoms with Crippen molar-refractivity contribution in [1.82, 2.24) is 5.16 Å². The Hall–Kier alpha value is -2.02. The van der Waals surface area contributed by atoms with Gasteiger partial charge < -0.3 is 14.4 Å². The van der Waals surface area contributed by atoms with E-state index in [-0.39, 0.29) is 5.75 Å². The van der Waals surface area contributed by atoms with Crippen molar-refractivity contribution in [1.29, 1.82) is 0 Å². The highest BCUT2D eigenvalue weighted by molar-refractivity contribution is 14.1. The lowest BCUT2D eigenvalue weighted by atomic mass is 10.0. The van der Waals surface area contributed by atoms with Gasteiger partial charge in [0.15, 0.2) is 5.76 Å². The van der Waals surface area contributed by atoms with Crippen LogP contribution in [0.1, 0.15) is 12.5 Å². The maximum absolute atomic E-state index is 10.2. The number of hydrogen-bond acceptors (Lipinski definition) is 4. The number of benzene rings is 2. The smallest absolute Gasteiger partial charge is 0.171 e. The molecule has 3 rings (SSSR count). The molecule has 0 fully saturated rings. The Labute approximate surface area is 148 Å². The van der Waals surface area contributed by atoms with Crippen molar-refractivity contribution in [3.05, 3.63) is 51.6 Å². The number of halogens is 1. The summed E-state index contributed by atoms with van der Waals surface area (Å²) in [5, 5.41) is 14.4. The number of methoxy groups -OCH3 is 1. The molecule has 0 spiro atoms. The zero-order valence-corrected chi connectivity index (χ0v) is 15.0. The van der Waals surface area contributed by atoms with Gasteiger partial charge in [-0.2, -0.15) is 0 Å². The summed E-state index contributed by atoms with van der Waals surface area (Å²) in [4.78, 5) is 0. The fourth-order valence-corrected chi connectivity index (χ4v) is 2.80. The fraction of sp³-hybridized carbons (Fsp3) is 0.167. The van der Waals surface area contributed by atoms with Crippen molar-refractivity contribution in [2.45, 2.75) is 13.3 Å². The minimum atomic E-state index is 0.115. The van der Waals surface area contributed by atoms with Gasteiger partial charge in [0, 0.05) is 21.3 Å². The van der Waals surface area contributed by atoms with Crippen LogP contribution < -0.4 is 4.74 Å². The SMILES string of the molecule is CCc1cc(-c2cc(-c3ccc(I)cc3)no2)c(O)cc1OC. The van der Waals surface area contributed by atoms with E-state index in [4.69, 9.17) is 9.26 Å². The van der Waals surface area contributed by atoms with E-state index in [0.29, 0.717) is 17.1 Å². The molecule has 1 aromatic heterocycles. The number of aromatic nitrogens is 1. The average molecular weight is 421 g/mol. The molecule has 0 saturated carbocycles. The molecular weight excluding hydrogens is 405 g/mol. The van der Waals surface area contributed by atoms with Crippen molar-refractivity contribution >= 4 is 22.6 Å². The van der Waals surface area contributed by atoms with E-state index < -0.39 is 0 Å². The third kappa shape index (κ3) is 3.19. The van der Waals surface area contributed by atoms with Crippen LogP contribution >= 0.6 is 22.6 Å². The molecule has 23 heavy (non-hydrogen) atoms. The highest BCUT2D eigenvalue weighted by Crippen LogP contribution is 2.37. The van der Waals surface area contributed by atoms with Gasteiger partial charge in [-0.15, -0.1) is 0 Å². The second-order valence-electron chi connectivity index (χ2n) is 5.12. The number of rotatable bonds is 4. The Morgan fingerprint density at radius 1 is 1.17 bits per heavy atom. The molecule has 0 aliphatic rings. The van der Waals surface area contributed by atoms with Gasteiger partial charge in [-0.1, -0.05) is 24.2 Å². The van der Waals surface area contributed by atoms with Crippen LogP contribution in [0.4, 0.5) is 0 Å². The van der Waals surface area contributed by atoms with E-state index in [1.165, 1.54) is 0 Å². The van der Waals surface area contributed by atoms with E-state index in [9.17, 15) is 5.11 Å². The van der Waals surface area contributed by atoms with Gasteiger partial charge in [-0.25, -0.2) is 0 Å². The first kappa shape index (κ1) is 15.9. The zero-order chi connectivity index (χ0) is 16.4. The van der Waals surface area contributed by atoms with Crippen LogP contribution in [-0.2, 0) is 6.42 Å². The first-order valence-corrected chi connectivity index (χ1v) is 8.33. The number of hydrogen-bond donors (Lipinski definition) is 1. The van der Waals surface area contributed by atoms with Gasteiger partial charge in [0.05, 0.1) is 12.7 Å². The molecule has 2 aromatic carbocycles. The molecule has 3 aromatic rings. The number of nitrogens with zero attached hydrogens (tertiary/aromatic N) is 1.